The van der Waals surface area contributed by atoms with Gasteiger partial charge < -0.3 is 10.2 Å². The Morgan fingerprint density at radius 1 is 1.20 bits per heavy atom. The van der Waals surface area contributed by atoms with Gasteiger partial charge in [0.25, 0.3) is 5.91 Å². The van der Waals surface area contributed by atoms with Gasteiger partial charge >= 0.3 is 0 Å². The molecule has 0 spiro atoms. The molecule has 2 aliphatic heterocycles. The molecule has 1 aromatic heterocycles. The van der Waals surface area contributed by atoms with E-state index in [1.807, 2.05) is 34.5 Å². The van der Waals surface area contributed by atoms with Crippen LogP contribution < -0.4 is 5.32 Å². The quantitative estimate of drug-likeness (QED) is 0.894. The third-order valence-corrected chi connectivity index (χ3v) is 6.08. The predicted molar refractivity (Wildman–Crippen MR) is 101 cm³/mol. The van der Waals surface area contributed by atoms with Gasteiger partial charge in [0.15, 0.2) is 0 Å². The Morgan fingerprint density at radius 2 is 1.96 bits per heavy atom. The first-order chi connectivity index (χ1) is 12.2. The summed E-state index contributed by atoms with van der Waals surface area (Å²) >= 11 is 7.44. The number of hydrogen-bond acceptors (Lipinski definition) is 5. The van der Waals surface area contributed by atoms with Gasteiger partial charge in [0.1, 0.15) is 10.7 Å². The van der Waals surface area contributed by atoms with Crippen molar-refractivity contribution in [1.82, 2.24) is 20.1 Å². The Hall–Kier alpha value is -1.47. The lowest BCUT2D eigenvalue weighted by Gasteiger charge is -2.32. The molecule has 0 saturated carbocycles. The van der Waals surface area contributed by atoms with E-state index in [4.69, 9.17) is 11.6 Å². The molecule has 1 atom stereocenters. The third kappa shape index (κ3) is 3.72. The summed E-state index contributed by atoms with van der Waals surface area (Å²) < 4.78 is 0. The fourth-order valence-corrected chi connectivity index (χ4v) is 4.46. The van der Waals surface area contributed by atoms with Gasteiger partial charge in [-0.25, -0.2) is 4.98 Å². The van der Waals surface area contributed by atoms with Crippen LogP contribution in [0.3, 0.4) is 0 Å². The monoisotopic (exact) mass is 376 g/mol. The molecule has 5 nitrogen and oxygen atoms in total. The van der Waals surface area contributed by atoms with E-state index in [-0.39, 0.29) is 5.91 Å². The maximum Gasteiger partial charge on any atom is 0.273 e. The number of hydrogen-bond donors (Lipinski definition) is 1. The average molecular weight is 377 g/mol. The van der Waals surface area contributed by atoms with E-state index < -0.39 is 0 Å². The van der Waals surface area contributed by atoms with Crippen LogP contribution in [0, 0.1) is 0 Å². The van der Waals surface area contributed by atoms with E-state index in [0.717, 1.165) is 56.3 Å². The van der Waals surface area contributed by atoms with Crippen molar-refractivity contribution in [2.75, 3.05) is 39.3 Å². The van der Waals surface area contributed by atoms with Crippen LogP contribution in [0.4, 0.5) is 0 Å². The van der Waals surface area contributed by atoms with E-state index in [2.05, 4.69) is 15.2 Å². The minimum Gasteiger partial charge on any atom is -0.336 e. The molecular weight excluding hydrogens is 356 g/mol. The van der Waals surface area contributed by atoms with Crippen LogP contribution in [0.5, 0.6) is 0 Å². The first-order valence-corrected chi connectivity index (χ1v) is 9.92. The smallest absolute Gasteiger partial charge is 0.273 e. The fraction of sp³-hybridized carbons (Fsp3) is 0.444. The van der Waals surface area contributed by atoms with Crippen LogP contribution in [0.25, 0.3) is 10.6 Å². The summed E-state index contributed by atoms with van der Waals surface area (Å²) in [6, 6.07) is 8.05. The molecule has 2 saturated heterocycles. The number of piperazine rings is 1. The minimum atomic E-state index is 0.0501. The maximum atomic E-state index is 12.8. The van der Waals surface area contributed by atoms with Crippen LogP contribution in [0.1, 0.15) is 16.9 Å². The zero-order valence-corrected chi connectivity index (χ0v) is 15.5. The molecule has 0 bridgehead atoms. The normalized spacial score (nSPS) is 21.6. The summed E-state index contributed by atoms with van der Waals surface area (Å²) in [5.74, 6) is 0.0501. The number of carbonyl (C=O) groups excluding carboxylic acids is 1. The Morgan fingerprint density at radius 3 is 2.72 bits per heavy atom. The molecule has 1 amide bonds. The number of amides is 1. The number of halogens is 1. The van der Waals surface area contributed by atoms with Gasteiger partial charge in [0.2, 0.25) is 0 Å². The van der Waals surface area contributed by atoms with Crippen molar-refractivity contribution in [1.29, 1.82) is 0 Å². The highest BCUT2D eigenvalue weighted by Crippen LogP contribution is 2.26. The number of benzene rings is 1. The highest BCUT2D eigenvalue weighted by molar-refractivity contribution is 7.13. The second-order valence-electron chi connectivity index (χ2n) is 6.52. The van der Waals surface area contributed by atoms with Gasteiger partial charge in [0.05, 0.1) is 0 Å². The van der Waals surface area contributed by atoms with Crippen molar-refractivity contribution < 1.29 is 4.79 Å². The van der Waals surface area contributed by atoms with Crippen molar-refractivity contribution in [2.24, 2.45) is 0 Å². The van der Waals surface area contributed by atoms with Gasteiger partial charge in [-0.2, -0.15) is 0 Å². The number of carbonyl (C=O) groups is 1. The molecule has 2 fully saturated rings. The number of aromatic nitrogens is 1. The first-order valence-electron chi connectivity index (χ1n) is 8.66. The van der Waals surface area contributed by atoms with Crippen molar-refractivity contribution >= 4 is 28.8 Å². The van der Waals surface area contributed by atoms with Crippen LogP contribution >= 0.6 is 22.9 Å². The fourth-order valence-electron chi connectivity index (χ4n) is 3.53. The molecule has 132 valence electrons. The summed E-state index contributed by atoms with van der Waals surface area (Å²) in [5.41, 5.74) is 1.55. The molecule has 1 unspecified atom stereocenters. The number of likely N-dealkylation sites (tertiary alicyclic amines) is 1. The summed E-state index contributed by atoms with van der Waals surface area (Å²) in [6.45, 7) is 5.87. The van der Waals surface area contributed by atoms with Crippen molar-refractivity contribution in [3.8, 4) is 10.6 Å². The number of nitrogens with one attached hydrogen (secondary N) is 1. The third-order valence-electron chi connectivity index (χ3n) is 4.93. The Labute approximate surface area is 156 Å². The largest absolute Gasteiger partial charge is 0.336 e. The second-order valence-corrected chi connectivity index (χ2v) is 7.82. The molecule has 2 aliphatic rings. The van der Waals surface area contributed by atoms with Gasteiger partial charge in [-0.3, -0.25) is 9.69 Å². The van der Waals surface area contributed by atoms with Gasteiger partial charge in [-0.15, -0.1) is 11.3 Å². The molecule has 25 heavy (non-hydrogen) atoms. The van der Waals surface area contributed by atoms with Crippen LogP contribution in [0.15, 0.2) is 29.6 Å². The summed E-state index contributed by atoms with van der Waals surface area (Å²) in [7, 11) is 0. The average Bonchev–Trinajstić information content (AvgIpc) is 3.33. The maximum absolute atomic E-state index is 12.8. The molecule has 0 aliphatic carbocycles. The van der Waals surface area contributed by atoms with Gasteiger partial charge in [-0.1, -0.05) is 23.7 Å². The highest BCUT2D eigenvalue weighted by atomic mass is 35.5. The van der Waals surface area contributed by atoms with E-state index in [9.17, 15) is 4.79 Å². The Kier molecular flexibility index (Phi) is 5.03. The van der Waals surface area contributed by atoms with Crippen LogP contribution in [-0.4, -0.2) is 66.0 Å². The molecule has 3 heterocycles. The molecule has 1 aromatic carbocycles. The molecule has 1 N–H and O–H groups in total. The van der Waals surface area contributed by atoms with Gasteiger partial charge in [-0.05, 0) is 18.6 Å². The molecule has 2 aromatic rings. The summed E-state index contributed by atoms with van der Waals surface area (Å²) in [5, 5.41) is 6.81. The topological polar surface area (TPSA) is 48.5 Å². The number of rotatable bonds is 3. The zero-order chi connectivity index (χ0) is 17.2. The molecule has 0 radical (unpaired) electrons. The second kappa shape index (κ2) is 7.41. The lowest BCUT2D eigenvalue weighted by molar-refractivity contribution is 0.0768. The van der Waals surface area contributed by atoms with Crippen molar-refractivity contribution in [3.05, 3.63) is 40.4 Å². The van der Waals surface area contributed by atoms with Crippen molar-refractivity contribution in [3.63, 3.8) is 0 Å². The Bertz CT molecular complexity index is 742. The van der Waals surface area contributed by atoms with E-state index in [0.29, 0.717) is 16.8 Å². The minimum absolute atomic E-state index is 0.0501. The zero-order valence-electron chi connectivity index (χ0n) is 13.9. The van der Waals surface area contributed by atoms with E-state index >= 15 is 0 Å². The van der Waals surface area contributed by atoms with Crippen LogP contribution in [0.2, 0.25) is 5.02 Å². The summed E-state index contributed by atoms with van der Waals surface area (Å²) in [6.07, 6.45) is 1.06. The summed E-state index contributed by atoms with van der Waals surface area (Å²) in [4.78, 5) is 21.8. The number of thiazole rings is 1. The molecule has 7 heteroatoms. The van der Waals surface area contributed by atoms with Gasteiger partial charge in [0, 0.05) is 61.3 Å². The molecular formula is C18H21ClN4OS. The highest BCUT2D eigenvalue weighted by Gasteiger charge is 2.32. The SMILES string of the molecule is O=C(c1csc(-c2ccc(Cl)cc2)n1)N1CCC(N2CCNCC2)C1. The lowest BCUT2D eigenvalue weighted by atomic mass is 10.2. The first kappa shape index (κ1) is 17.0. The van der Waals surface area contributed by atoms with E-state index in [1.54, 1.807) is 0 Å². The number of nitrogens with zero attached hydrogens (tertiary/aromatic N) is 3. The predicted octanol–water partition coefficient (Wildman–Crippen LogP) is 2.58. The molecule has 4 rings (SSSR count). The van der Waals surface area contributed by atoms with Crippen LogP contribution in [-0.2, 0) is 0 Å². The standard InChI is InChI=1S/C18H21ClN4OS/c19-14-3-1-13(2-4-14)17-21-16(12-25-17)18(24)23-8-5-15(11-23)22-9-6-20-7-10-22/h1-4,12,15,20H,5-11H2. The van der Waals surface area contributed by atoms with E-state index in [1.165, 1.54) is 11.3 Å². The Balaban J connectivity index is 1.42. The van der Waals surface area contributed by atoms with Crippen molar-refractivity contribution in [2.45, 2.75) is 12.5 Å². The lowest BCUT2D eigenvalue weighted by Crippen LogP contribution is -2.49.